The van der Waals surface area contributed by atoms with Gasteiger partial charge < -0.3 is 15.1 Å². The third-order valence-corrected chi connectivity index (χ3v) is 8.53. The molecule has 5 rings (SSSR count). The predicted octanol–water partition coefficient (Wildman–Crippen LogP) is 5.44. The second-order valence-corrected chi connectivity index (χ2v) is 10.9. The van der Waals surface area contributed by atoms with Gasteiger partial charge in [-0.05, 0) is 112 Å². The van der Waals surface area contributed by atoms with E-state index in [2.05, 4.69) is 34.5 Å². The second-order valence-electron chi connectivity index (χ2n) is 10.9. The van der Waals surface area contributed by atoms with Crippen LogP contribution in [0, 0.1) is 17.7 Å². The monoisotopic (exact) mass is 491 g/mol. The fraction of sp³-hybridized carbons (Fsp3) is 0.533. The summed E-state index contributed by atoms with van der Waals surface area (Å²) >= 11 is 0. The summed E-state index contributed by atoms with van der Waals surface area (Å²) in [6.07, 6.45) is 8.38. The Morgan fingerprint density at radius 1 is 0.861 bits per heavy atom. The molecule has 1 N–H and O–H groups in total. The van der Waals surface area contributed by atoms with Crippen LogP contribution in [0.5, 0.6) is 0 Å². The molecular weight excluding hydrogens is 453 g/mol. The van der Waals surface area contributed by atoms with Crippen molar-refractivity contribution in [2.24, 2.45) is 11.8 Å². The summed E-state index contributed by atoms with van der Waals surface area (Å²) in [6, 6.07) is 14.8. The first-order chi connectivity index (χ1) is 17.5. The van der Waals surface area contributed by atoms with Gasteiger partial charge in [0, 0.05) is 30.6 Å². The Bertz CT molecular complexity index is 1040. The van der Waals surface area contributed by atoms with E-state index in [1.165, 1.54) is 42.5 Å². The van der Waals surface area contributed by atoms with Crippen molar-refractivity contribution in [3.8, 4) is 0 Å². The molecule has 36 heavy (non-hydrogen) atoms. The van der Waals surface area contributed by atoms with Gasteiger partial charge in [0.2, 0.25) is 0 Å². The van der Waals surface area contributed by atoms with E-state index in [4.69, 9.17) is 0 Å². The van der Waals surface area contributed by atoms with Crippen LogP contribution in [-0.2, 0) is 13.0 Å². The molecule has 3 aliphatic rings. The third kappa shape index (κ3) is 6.15. The molecule has 0 aromatic heterocycles. The number of hydrogen-bond acceptors (Lipinski definition) is 3. The van der Waals surface area contributed by atoms with Gasteiger partial charge >= 0.3 is 6.03 Å². The number of rotatable bonds is 6. The van der Waals surface area contributed by atoms with E-state index in [1.54, 1.807) is 12.1 Å². The van der Waals surface area contributed by atoms with Crippen LogP contribution in [0.3, 0.4) is 0 Å². The van der Waals surface area contributed by atoms with Crippen molar-refractivity contribution in [2.75, 3.05) is 26.2 Å². The molecule has 0 bridgehead atoms. The summed E-state index contributed by atoms with van der Waals surface area (Å²) in [5.41, 5.74) is 3.26. The molecule has 1 saturated carbocycles. The van der Waals surface area contributed by atoms with Gasteiger partial charge in [0.15, 0.2) is 5.78 Å². The average molecular weight is 492 g/mol. The van der Waals surface area contributed by atoms with Crippen LogP contribution in [0.2, 0.25) is 0 Å². The number of ketones is 1. The lowest BCUT2D eigenvalue weighted by Gasteiger charge is -2.35. The van der Waals surface area contributed by atoms with Crippen molar-refractivity contribution in [1.82, 2.24) is 15.1 Å². The molecule has 0 spiro atoms. The average Bonchev–Trinajstić information content (AvgIpc) is 2.92. The molecule has 192 valence electrons. The number of piperidine rings is 1. The van der Waals surface area contributed by atoms with E-state index < -0.39 is 0 Å². The van der Waals surface area contributed by atoms with Crippen LogP contribution in [-0.4, -0.2) is 53.8 Å². The van der Waals surface area contributed by atoms with Crippen LogP contribution in [0.1, 0.15) is 66.4 Å². The summed E-state index contributed by atoms with van der Waals surface area (Å²) in [7, 11) is 0. The lowest BCUT2D eigenvalue weighted by atomic mass is 9.83. The number of nitrogens with one attached hydrogen (secondary N) is 1. The van der Waals surface area contributed by atoms with Crippen molar-refractivity contribution >= 4 is 11.8 Å². The molecule has 0 atom stereocenters. The van der Waals surface area contributed by atoms with Crippen LogP contribution < -0.4 is 5.32 Å². The van der Waals surface area contributed by atoms with E-state index in [0.717, 1.165) is 64.2 Å². The van der Waals surface area contributed by atoms with Gasteiger partial charge in [0.25, 0.3) is 0 Å². The van der Waals surface area contributed by atoms with Crippen molar-refractivity contribution < 1.29 is 14.0 Å². The highest BCUT2D eigenvalue weighted by molar-refractivity contribution is 5.97. The number of amides is 2. The van der Waals surface area contributed by atoms with Crippen LogP contribution in [0.4, 0.5) is 9.18 Å². The van der Waals surface area contributed by atoms with Crippen molar-refractivity contribution in [3.05, 3.63) is 71.0 Å². The first kappa shape index (κ1) is 24.9. The Balaban J connectivity index is 0.986. The molecule has 2 fully saturated rings. The van der Waals surface area contributed by atoms with Gasteiger partial charge in [-0.2, -0.15) is 0 Å². The Hall–Kier alpha value is -2.73. The number of carbonyl (C=O) groups is 2. The first-order valence-electron chi connectivity index (χ1n) is 13.7. The minimum absolute atomic E-state index is 0.0548. The van der Waals surface area contributed by atoms with E-state index in [9.17, 15) is 14.0 Å². The van der Waals surface area contributed by atoms with Gasteiger partial charge in [0.05, 0.1) is 0 Å². The maximum Gasteiger partial charge on any atom is 0.317 e. The summed E-state index contributed by atoms with van der Waals surface area (Å²) in [5, 5.41) is 3.30. The largest absolute Gasteiger partial charge is 0.335 e. The molecule has 0 unspecified atom stereocenters. The van der Waals surface area contributed by atoms with Gasteiger partial charge in [0.1, 0.15) is 5.82 Å². The minimum atomic E-state index is -0.300. The summed E-state index contributed by atoms with van der Waals surface area (Å²) < 4.78 is 13.1. The SMILES string of the molecule is O=C(c1ccc(F)cc1)C1CCN(CCC2CCC(NC(=O)N3CCc4ccccc4C3)CC2)CC1. The Morgan fingerprint density at radius 3 is 2.28 bits per heavy atom. The zero-order valence-electron chi connectivity index (χ0n) is 21.1. The highest BCUT2D eigenvalue weighted by Crippen LogP contribution is 2.29. The van der Waals surface area contributed by atoms with Crippen molar-refractivity contribution in [3.63, 3.8) is 0 Å². The standard InChI is InChI=1S/C30H38FN3O2/c31-27-9-7-24(8-10-27)29(35)25-14-18-33(19-15-25)17-13-22-5-11-28(12-6-22)32-30(36)34-20-16-23-3-1-2-4-26(23)21-34/h1-4,7-10,22,25,28H,5-6,11-21H2,(H,32,36). The van der Waals surface area contributed by atoms with E-state index in [-0.39, 0.29) is 23.5 Å². The van der Waals surface area contributed by atoms with E-state index >= 15 is 0 Å². The zero-order chi connectivity index (χ0) is 24.9. The van der Waals surface area contributed by atoms with Gasteiger partial charge in [-0.15, -0.1) is 0 Å². The smallest absolute Gasteiger partial charge is 0.317 e. The molecule has 6 heteroatoms. The molecular formula is C30H38FN3O2. The molecule has 2 aromatic carbocycles. The summed E-state index contributed by atoms with van der Waals surface area (Å²) in [6.45, 7) is 4.52. The number of benzene rings is 2. The van der Waals surface area contributed by atoms with Crippen LogP contribution in [0.15, 0.2) is 48.5 Å². The fourth-order valence-electron chi connectivity index (χ4n) is 6.16. The van der Waals surface area contributed by atoms with Crippen LogP contribution >= 0.6 is 0 Å². The number of urea groups is 1. The quantitative estimate of drug-likeness (QED) is 0.548. The Kier molecular flexibility index (Phi) is 8.00. The Labute approximate surface area is 214 Å². The van der Waals surface area contributed by atoms with Gasteiger partial charge in [-0.3, -0.25) is 4.79 Å². The molecule has 1 aliphatic carbocycles. The molecule has 1 saturated heterocycles. The second kappa shape index (κ2) is 11.5. The Morgan fingerprint density at radius 2 is 1.56 bits per heavy atom. The number of nitrogens with zero attached hydrogens (tertiary/aromatic N) is 2. The lowest BCUT2D eigenvalue weighted by molar-refractivity contribution is 0.0832. The van der Waals surface area contributed by atoms with Crippen molar-refractivity contribution in [2.45, 2.75) is 64.0 Å². The lowest BCUT2D eigenvalue weighted by Crippen LogP contribution is -2.47. The molecule has 2 aromatic rings. The maximum absolute atomic E-state index is 13.1. The maximum atomic E-state index is 13.1. The zero-order valence-corrected chi connectivity index (χ0v) is 21.1. The topological polar surface area (TPSA) is 52.7 Å². The molecule has 2 amide bonds. The van der Waals surface area contributed by atoms with E-state index in [1.807, 2.05) is 4.90 Å². The van der Waals surface area contributed by atoms with E-state index in [0.29, 0.717) is 18.2 Å². The number of fused-ring (bicyclic) bond motifs is 1. The van der Waals surface area contributed by atoms with Gasteiger partial charge in [-0.1, -0.05) is 24.3 Å². The molecule has 0 radical (unpaired) electrons. The molecule has 2 aliphatic heterocycles. The summed E-state index contributed by atoms with van der Waals surface area (Å²) in [4.78, 5) is 30.0. The number of halogens is 1. The van der Waals surface area contributed by atoms with Crippen molar-refractivity contribution in [1.29, 1.82) is 0 Å². The highest BCUT2D eigenvalue weighted by Gasteiger charge is 2.28. The number of Topliss-reactive ketones (excluding diaryl/α,β-unsaturated/α-hetero) is 1. The van der Waals surface area contributed by atoms with Crippen LogP contribution in [0.25, 0.3) is 0 Å². The van der Waals surface area contributed by atoms with Gasteiger partial charge in [-0.25, -0.2) is 9.18 Å². The molecule has 2 heterocycles. The fourth-order valence-corrected chi connectivity index (χ4v) is 6.16. The predicted molar refractivity (Wildman–Crippen MR) is 139 cm³/mol. The molecule has 5 nitrogen and oxygen atoms in total. The normalized spacial score (nSPS) is 23.2. The minimum Gasteiger partial charge on any atom is -0.335 e. The summed E-state index contributed by atoms with van der Waals surface area (Å²) in [5.74, 6) is 0.632. The number of likely N-dealkylation sites (tertiary alicyclic amines) is 1. The number of hydrogen-bond donors (Lipinski definition) is 1. The first-order valence-corrected chi connectivity index (χ1v) is 13.7. The third-order valence-electron chi connectivity index (χ3n) is 8.53. The highest BCUT2D eigenvalue weighted by atomic mass is 19.1. The number of carbonyl (C=O) groups excluding carboxylic acids is 2.